The number of carbonyl (C=O) groups is 1. The number of hydrogen-bond donors (Lipinski definition) is 1. The molecule has 1 N–H and O–H groups in total. The Kier molecular flexibility index (Phi) is 3.49. The third kappa shape index (κ3) is 2.31. The number of hydrogen-bond acceptors (Lipinski definition) is 2. The predicted molar refractivity (Wildman–Crippen MR) is 82.3 cm³/mol. The molecule has 0 unspecified atom stereocenters. The Balaban J connectivity index is 2.00. The molecule has 0 aliphatic carbocycles. The minimum atomic E-state index is -0.897. The van der Waals surface area contributed by atoms with Gasteiger partial charge in [0.1, 0.15) is 0 Å². The van der Waals surface area contributed by atoms with Crippen LogP contribution in [0.25, 0.3) is 0 Å². The van der Waals surface area contributed by atoms with E-state index >= 15 is 0 Å². The number of benzene rings is 2. The van der Waals surface area contributed by atoms with Crippen molar-refractivity contribution in [3.05, 3.63) is 63.6 Å². The number of halogens is 1. The second kappa shape index (κ2) is 5.29. The molecular formula is C16H14BrNO2. The molecule has 2 aromatic rings. The van der Waals surface area contributed by atoms with Crippen molar-refractivity contribution in [1.82, 2.24) is 0 Å². The van der Waals surface area contributed by atoms with E-state index in [-0.39, 0.29) is 0 Å². The second-order valence-corrected chi connectivity index (χ2v) is 5.73. The van der Waals surface area contributed by atoms with E-state index in [4.69, 9.17) is 0 Å². The van der Waals surface area contributed by atoms with Crippen molar-refractivity contribution in [2.45, 2.75) is 13.0 Å². The van der Waals surface area contributed by atoms with Crippen LogP contribution < -0.4 is 4.90 Å². The number of carboxylic acids is 1. The third-order valence-corrected chi connectivity index (χ3v) is 4.34. The lowest BCUT2D eigenvalue weighted by atomic mass is 9.99. The first-order valence-electron chi connectivity index (χ1n) is 6.50. The van der Waals surface area contributed by atoms with Crippen LogP contribution in [0.5, 0.6) is 0 Å². The molecule has 3 nitrogen and oxygen atoms in total. The molecule has 0 fully saturated rings. The smallest absolute Gasteiger partial charge is 0.338 e. The zero-order valence-corrected chi connectivity index (χ0v) is 12.4. The largest absolute Gasteiger partial charge is 0.478 e. The fourth-order valence-corrected chi connectivity index (χ4v) is 3.21. The molecule has 3 rings (SSSR count). The van der Waals surface area contributed by atoms with Crippen molar-refractivity contribution in [1.29, 1.82) is 0 Å². The predicted octanol–water partition coefficient (Wildman–Crippen LogP) is 3.71. The van der Waals surface area contributed by atoms with E-state index in [1.807, 2.05) is 18.2 Å². The van der Waals surface area contributed by atoms with Gasteiger partial charge in [0.25, 0.3) is 0 Å². The van der Waals surface area contributed by atoms with Gasteiger partial charge in [0.05, 0.1) is 11.3 Å². The Morgan fingerprint density at radius 3 is 2.60 bits per heavy atom. The minimum absolute atomic E-state index is 0.340. The van der Waals surface area contributed by atoms with Crippen molar-refractivity contribution in [3.8, 4) is 0 Å². The van der Waals surface area contributed by atoms with E-state index in [0.29, 0.717) is 10.0 Å². The molecule has 0 radical (unpaired) electrons. The lowest BCUT2D eigenvalue weighted by Gasteiger charge is -2.31. The molecule has 102 valence electrons. The summed E-state index contributed by atoms with van der Waals surface area (Å²) >= 11 is 3.34. The normalized spacial score (nSPS) is 13.9. The van der Waals surface area contributed by atoms with Crippen LogP contribution in [0.3, 0.4) is 0 Å². The maximum Gasteiger partial charge on any atom is 0.338 e. The number of carboxylic acid groups (broad SMARTS) is 1. The molecule has 0 bridgehead atoms. The van der Waals surface area contributed by atoms with Gasteiger partial charge in [-0.05, 0) is 45.6 Å². The van der Waals surface area contributed by atoms with Gasteiger partial charge < -0.3 is 10.0 Å². The van der Waals surface area contributed by atoms with Crippen LogP contribution in [0.1, 0.15) is 21.5 Å². The first-order chi connectivity index (χ1) is 9.66. The number of aromatic carboxylic acids is 1. The Morgan fingerprint density at radius 2 is 1.85 bits per heavy atom. The summed E-state index contributed by atoms with van der Waals surface area (Å²) < 4.78 is 0.626. The van der Waals surface area contributed by atoms with Gasteiger partial charge in [-0.1, -0.05) is 30.3 Å². The molecule has 0 aromatic heterocycles. The molecule has 0 spiro atoms. The Labute approximate surface area is 126 Å². The molecule has 1 heterocycles. The van der Waals surface area contributed by atoms with Crippen LogP contribution in [0.15, 0.2) is 46.9 Å². The summed E-state index contributed by atoms with van der Waals surface area (Å²) in [6.45, 7) is 1.60. The third-order valence-electron chi connectivity index (χ3n) is 3.68. The molecule has 0 atom stereocenters. The van der Waals surface area contributed by atoms with Crippen LogP contribution in [0.4, 0.5) is 5.69 Å². The molecule has 0 amide bonds. The van der Waals surface area contributed by atoms with Crippen LogP contribution in [-0.4, -0.2) is 17.6 Å². The number of fused-ring (bicyclic) bond motifs is 1. The average Bonchev–Trinajstić information content (AvgIpc) is 2.46. The molecule has 2 aromatic carbocycles. The highest BCUT2D eigenvalue weighted by molar-refractivity contribution is 9.10. The van der Waals surface area contributed by atoms with E-state index in [0.717, 1.165) is 25.2 Å². The van der Waals surface area contributed by atoms with Gasteiger partial charge in [-0.15, -0.1) is 0 Å². The Morgan fingerprint density at radius 1 is 1.10 bits per heavy atom. The van der Waals surface area contributed by atoms with Crippen molar-refractivity contribution in [2.24, 2.45) is 0 Å². The lowest BCUT2D eigenvalue weighted by Crippen LogP contribution is -2.31. The highest BCUT2D eigenvalue weighted by Crippen LogP contribution is 2.31. The first-order valence-corrected chi connectivity index (χ1v) is 7.29. The number of anilines is 1. The summed E-state index contributed by atoms with van der Waals surface area (Å²) in [5.74, 6) is -0.897. The summed E-state index contributed by atoms with van der Waals surface area (Å²) in [5, 5.41) is 9.42. The Hall–Kier alpha value is -1.81. The topological polar surface area (TPSA) is 40.5 Å². The quantitative estimate of drug-likeness (QED) is 0.911. The fraction of sp³-hybridized carbons (Fsp3) is 0.188. The number of nitrogens with zero attached hydrogens (tertiary/aromatic N) is 1. The van der Waals surface area contributed by atoms with Gasteiger partial charge in [-0.3, -0.25) is 0 Å². The zero-order valence-electron chi connectivity index (χ0n) is 10.8. The molecule has 0 saturated heterocycles. The molecule has 1 aliphatic heterocycles. The molecular weight excluding hydrogens is 318 g/mol. The van der Waals surface area contributed by atoms with E-state index in [2.05, 4.69) is 39.0 Å². The molecule has 1 aliphatic rings. The van der Waals surface area contributed by atoms with Crippen molar-refractivity contribution in [2.75, 3.05) is 11.4 Å². The molecule has 0 saturated carbocycles. The lowest BCUT2D eigenvalue weighted by molar-refractivity contribution is 0.0696. The second-order valence-electron chi connectivity index (χ2n) is 4.88. The SMILES string of the molecule is O=C(O)c1c(Br)cccc1N1CCc2ccccc2C1. The van der Waals surface area contributed by atoms with Crippen LogP contribution >= 0.6 is 15.9 Å². The van der Waals surface area contributed by atoms with Gasteiger partial charge in [-0.25, -0.2) is 4.79 Å². The Bertz CT molecular complexity index is 669. The van der Waals surface area contributed by atoms with Gasteiger partial charge in [-0.2, -0.15) is 0 Å². The average molecular weight is 332 g/mol. The zero-order chi connectivity index (χ0) is 14.1. The first kappa shape index (κ1) is 13.2. The molecule has 20 heavy (non-hydrogen) atoms. The summed E-state index contributed by atoms with van der Waals surface area (Å²) in [7, 11) is 0. The van der Waals surface area contributed by atoms with E-state index in [1.165, 1.54) is 11.1 Å². The number of rotatable bonds is 2. The maximum atomic E-state index is 11.5. The highest BCUT2D eigenvalue weighted by Gasteiger charge is 2.22. The van der Waals surface area contributed by atoms with Gasteiger partial charge in [0.2, 0.25) is 0 Å². The van der Waals surface area contributed by atoms with E-state index in [9.17, 15) is 9.90 Å². The van der Waals surface area contributed by atoms with Crippen molar-refractivity contribution < 1.29 is 9.90 Å². The van der Waals surface area contributed by atoms with Crippen molar-refractivity contribution >= 4 is 27.6 Å². The van der Waals surface area contributed by atoms with Crippen LogP contribution in [0.2, 0.25) is 0 Å². The highest BCUT2D eigenvalue weighted by atomic mass is 79.9. The van der Waals surface area contributed by atoms with Gasteiger partial charge >= 0.3 is 5.97 Å². The van der Waals surface area contributed by atoms with Crippen LogP contribution in [-0.2, 0) is 13.0 Å². The van der Waals surface area contributed by atoms with Crippen LogP contribution in [0, 0.1) is 0 Å². The standard InChI is InChI=1S/C16H14BrNO2/c17-13-6-3-7-14(15(13)16(19)20)18-9-8-11-4-1-2-5-12(11)10-18/h1-7H,8-10H2,(H,19,20). The summed E-state index contributed by atoms with van der Waals surface area (Å²) in [6.07, 6.45) is 0.946. The van der Waals surface area contributed by atoms with Crippen molar-refractivity contribution in [3.63, 3.8) is 0 Å². The van der Waals surface area contributed by atoms with Gasteiger partial charge in [0, 0.05) is 17.6 Å². The molecule has 4 heteroatoms. The minimum Gasteiger partial charge on any atom is -0.478 e. The summed E-state index contributed by atoms with van der Waals surface area (Å²) in [5.41, 5.74) is 3.75. The van der Waals surface area contributed by atoms with E-state index < -0.39 is 5.97 Å². The summed E-state index contributed by atoms with van der Waals surface area (Å²) in [4.78, 5) is 13.6. The van der Waals surface area contributed by atoms with Gasteiger partial charge in [0.15, 0.2) is 0 Å². The summed E-state index contributed by atoms with van der Waals surface area (Å²) in [6, 6.07) is 13.9. The maximum absolute atomic E-state index is 11.5. The fourth-order valence-electron chi connectivity index (χ4n) is 2.69. The monoisotopic (exact) mass is 331 g/mol. The van der Waals surface area contributed by atoms with E-state index in [1.54, 1.807) is 6.07 Å².